The Balaban J connectivity index is 1.71. The Bertz CT molecular complexity index is 1160. The summed E-state index contributed by atoms with van der Waals surface area (Å²) in [5.41, 5.74) is 2.09. The summed E-state index contributed by atoms with van der Waals surface area (Å²) in [6, 6.07) is 14.3. The van der Waals surface area contributed by atoms with Crippen molar-refractivity contribution < 1.29 is 4.39 Å². The molecule has 2 heterocycles. The van der Waals surface area contributed by atoms with E-state index in [0.717, 1.165) is 22.3 Å². The summed E-state index contributed by atoms with van der Waals surface area (Å²) in [4.78, 5) is 23.2. The topological polar surface area (TPSA) is 61.5 Å². The lowest BCUT2D eigenvalue weighted by molar-refractivity contribution is 0.483. The summed E-state index contributed by atoms with van der Waals surface area (Å²) in [5, 5.41) is 1.38. The van der Waals surface area contributed by atoms with Gasteiger partial charge in [0.2, 0.25) is 0 Å². The summed E-state index contributed by atoms with van der Waals surface area (Å²) >= 11 is 0. The third-order valence-electron chi connectivity index (χ3n) is 5.25. The van der Waals surface area contributed by atoms with Crippen LogP contribution in [0, 0.1) is 11.7 Å². The highest BCUT2D eigenvalue weighted by Crippen LogP contribution is 2.28. The lowest BCUT2D eigenvalue weighted by Crippen LogP contribution is -2.22. The number of H-pyrrole nitrogens is 2. The third kappa shape index (κ3) is 3.48. The van der Waals surface area contributed by atoms with Gasteiger partial charge in [0.05, 0.1) is 0 Å². The van der Waals surface area contributed by atoms with Crippen LogP contribution in [0.25, 0.3) is 22.0 Å². The van der Waals surface area contributed by atoms with Crippen molar-refractivity contribution in [1.29, 1.82) is 0 Å². The number of nitrogens with one attached hydrogen (secondary N) is 2. The van der Waals surface area contributed by atoms with Crippen molar-refractivity contribution in [1.82, 2.24) is 15.0 Å². The minimum absolute atomic E-state index is 0.0537. The Morgan fingerprint density at radius 1 is 1.11 bits per heavy atom. The van der Waals surface area contributed by atoms with Crippen molar-refractivity contribution >= 4 is 10.8 Å². The third-order valence-corrected chi connectivity index (χ3v) is 5.25. The van der Waals surface area contributed by atoms with Gasteiger partial charge >= 0.3 is 0 Å². The zero-order chi connectivity index (χ0) is 19.7. The fourth-order valence-corrected chi connectivity index (χ4v) is 3.67. The van der Waals surface area contributed by atoms with Crippen molar-refractivity contribution in [2.45, 2.75) is 26.2 Å². The highest BCUT2D eigenvalue weighted by Gasteiger charge is 2.21. The molecule has 0 aliphatic heterocycles. The van der Waals surface area contributed by atoms with Crippen LogP contribution >= 0.6 is 0 Å². The number of fused-ring (bicyclic) bond motifs is 1. The van der Waals surface area contributed by atoms with E-state index in [9.17, 15) is 9.18 Å². The molecule has 2 N–H and O–H groups in total. The van der Waals surface area contributed by atoms with E-state index in [-0.39, 0.29) is 23.2 Å². The maximum Gasteiger partial charge on any atom is 0.251 e. The van der Waals surface area contributed by atoms with E-state index >= 15 is 0 Å². The summed E-state index contributed by atoms with van der Waals surface area (Å²) in [6.07, 6.45) is 4.19. The highest BCUT2D eigenvalue weighted by atomic mass is 19.1. The van der Waals surface area contributed by atoms with E-state index in [4.69, 9.17) is 0 Å². The Morgan fingerprint density at radius 2 is 1.96 bits per heavy atom. The van der Waals surface area contributed by atoms with Crippen LogP contribution in [-0.2, 0) is 6.42 Å². The lowest BCUT2D eigenvalue weighted by atomic mass is 9.86. The fourth-order valence-electron chi connectivity index (χ4n) is 3.67. The Kier molecular flexibility index (Phi) is 4.82. The molecule has 4 rings (SSSR count). The van der Waals surface area contributed by atoms with Gasteiger partial charge in [0.1, 0.15) is 11.6 Å². The molecule has 2 aromatic carbocycles. The monoisotopic (exact) mass is 375 g/mol. The molecule has 4 nitrogen and oxygen atoms in total. The van der Waals surface area contributed by atoms with Gasteiger partial charge in [-0.2, -0.15) is 0 Å². The molecule has 28 heavy (non-hydrogen) atoms. The van der Waals surface area contributed by atoms with Gasteiger partial charge in [-0.05, 0) is 41.0 Å². The van der Waals surface area contributed by atoms with E-state index in [1.807, 2.05) is 30.3 Å². The molecule has 0 amide bonds. The standard InChI is InChI=1S/C23H22FN3O/c1-14(2)18(13-22-25-10-11-26-22)17-8-9-21(27-23(17)28)16-7-6-15-4-3-5-20(24)19(15)12-16/h3-12,14,18H,13H2,1-2H3,(H,25,26)(H,27,28). The first-order valence-corrected chi connectivity index (χ1v) is 9.43. The summed E-state index contributed by atoms with van der Waals surface area (Å²) in [6.45, 7) is 4.21. The van der Waals surface area contributed by atoms with Gasteiger partial charge in [0, 0.05) is 35.5 Å². The highest BCUT2D eigenvalue weighted by molar-refractivity contribution is 5.87. The van der Waals surface area contributed by atoms with E-state index in [1.54, 1.807) is 24.5 Å². The summed E-state index contributed by atoms with van der Waals surface area (Å²) in [5.74, 6) is 0.939. The number of hydrogen-bond donors (Lipinski definition) is 2. The molecule has 0 saturated heterocycles. The molecule has 0 saturated carbocycles. The van der Waals surface area contributed by atoms with E-state index in [2.05, 4.69) is 28.8 Å². The predicted octanol–water partition coefficient (Wildman–Crippen LogP) is 5.04. The number of pyridine rings is 1. The molecule has 0 radical (unpaired) electrons. The molecule has 4 aromatic rings. The van der Waals surface area contributed by atoms with Crippen LogP contribution in [-0.4, -0.2) is 15.0 Å². The quantitative estimate of drug-likeness (QED) is 0.513. The van der Waals surface area contributed by atoms with Crippen LogP contribution in [0.2, 0.25) is 0 Å². The Morgan fingerprint density at radius 3 is 2.68 bits per heavy atom. The average molecular weight is 375 g/mol. The molecule has 1 unspecified atom stereocenters. The zero-order valence-corrected chi connectivity index (χ0v) is 15.9. The molecule has 5 heteroatoms. The molecule has 0 fully saturated rings. The van der Waals surface area contributed by atoms with Crippen molar-refractivity contribution in [2.24, 2.45) is 5.92 Å². The normalized spacial score (nSPS) is 12.6. The molecule has 0 aliphatic carbocycles. The van der Waals surface area contributed by atoms with Crippen molar-refractivity contribution in [2.75, 3.05) is 0 Å². The van der Waals surface area contributed by atoms with Crippen LogP contribution in [0.15, 0.2) is 65.7 Å². The average Bonchev–Trinajstić information content (AvgIpc) is 3.20. The second-order valence-corrected chi connectivity index (χ2v) is 7.42. The van der Waals surface area contributed by atoms with Crippen LogP contribution in [0.3, 0.4) is 0 Å². The largest absolute Gasteiger partial charge is 0.349 e. The van der Waals surface area contributed by atoms with Crippen LogP contribution in [0.1, 0.15) is 31.2 Å². The smallest absolute Gasteiger partial charge is 0.251 e. The first-order chi connectivity index (χ1) is 13.5. The number of hydrogen-bond acceptors (Lipinski definition) is 2. The zero-order valence-electron chi connectivity index (χ0n) is 15.9. The molecule has 1 atom stereocenters. The van der Waals surface area contributed by atoms with Gasteiger partial charge in [0.15, 0.2) is 0 Å². The second-order valence-electron chi connectivity index (χ2n) is 7.42. The number of imidazole rings is 1. The van der Waals surface area contributed by atoms with E-state index < -0.39 is 0 Å². The van der Waals surface area contributed by atoms with Gasteiger partial charge in [0.25, 0.3) is 5.56 Å². The SMILES string of the molecule is CC(C)C(Cc1ncc[nH]1)c1ccc(-c2ccc3cccc(F)c3c2)[nH]c1=O. The Hall–Kier alpha value is -3.21. The maximum absolute atomic E-state index is 14.1. The van der Waals surface area contributed by atoms with Gasteiger partial charge in [-0.1, -0.05) is 44.2 Å². The van der Waals surface area contributed by atoms with Crippen LogP contribution in [0.4, 0.5) is 4.39 Å². The molecule has 0 spiro atoms. The molecule has 0 aliphatic rings. The van der Waals surface area contributed by atoms with Crippen LogP contribution in [0.5, 0.6) is 0 Å². The first kappa shape index (κ1) is 18.2. The summed E-state index contributed by atoms with van der Waals surface area (Å²) in [7, 11) is 0. The predicted molar refractivity (Wildman–Crippen MR) is 110 cm³/mol. The van der Waals surface area contributed by atoms with Crippen molar-refractivity contribution in [3.05, 3.63) is 88.5 Å². The van der Waals surface area contributed by atoms with Gasteiger partial charge < -0.3 is 9.97 Å². The second kappa shape index (κ2) is 7.43. The van der Waals surface area contributed by atoms with Crippen molar-refractivity contribution in [3.63, 3.8) is 0 Å². The fraction of sp³-hybridized carbons (Fsp3) is 0.217. The number of nitrogens with zero attached hydrogens (tertiary/aromatic N) is 1. The summed E-state index contributed by atoms with van der Waals surface area (Å²) < 4.78 is 14.1. The minimum atomic E-state index is -0.267. The number of halogens is 1. The minimum Gasteiger partial charge on any atom is -0.349 e. The molecule has 142 valence electrons. The van der Waals surface area contributed by atoms with E-state index in [0.29, 0.717) is 17.5 Å². The lowest BCUT2D eigenvalue weighted by Gasteiger charge is -2.20. The van der Waals surface area contributed by atoms with Crippen LogP contribution < -0.4 is 5.56 Å². The van der Waals surface area contributed by atoms with Gasteiger partial charge in [-0.25, -0.2) is 9.37 Å². The molecular weight excluding hydrogens is 353 g/mol. The number of benzene rings is 2. The van der Waals surface area contributed by atoms with Gasteiger partial charge in [-0.15, -0.1) is 0 Å². The molecular formula is C23H22FN3O. The number of aromatic amines is 2. The maximum atomic E-state index is 14.1. The van der Waals surface area contributed by atoms with E-state index in [1.165, 1.54) is 6.07 Å². The number of aromatic nitrogens is 3. The number of rotatable bonds is 5. The first-order valence-electron chi connectivity index (χ1n) is 9.43. The Labute approximate surface area is 162 Å². The molecule has 0 bridgehead atoms. The van der Waals surface area contributed by atoms with Gasteiger partial charge in [-0.3, -0.25) is 4.79 Å². The molecule has 2 aromatic heterocycles. The van der Waals surface area contributed by atoms with Crippen molar-refractivity contribution in [3.8, 4) is 11.3 Å².